The maximum atomic E-state index is 12.8. The Bertz CT molecular complexity index is 399. The number of nitrogens with one attached hydrogen (secondary N) is 1. The van der Waals surface area contributed by atoms with Crippen LogP contribution in [0.1, 0.15) is 57.2 Å². The Morgan fingerprint density at radius 3 is 2.40 bits per heavy atom. The molecule has 1 N–H and O–H groups in total. The zero-order chi connectivity index (χ0) is 15.2. The molecule has 114 valence electrons. The van der Waals surface area contributed by atoms with Crippen molar-refractivity contribution in [1.29, 1.82) is 0 Å². The fraction of sp³-hybridized carbons (Fsp3) is 0.625. The molecule has 1 atom stereocenters. The summed E-state index contributed by atoms with van der Waals surface area (Å²) in [6, 6.07) is 5.67. The monoisotopic (exact) mass is 287 g/mol. The van der Waals surface area contributed by atoms with Gasteiger partial charge in [0.05, 0.1) is 5.56 Å². The summed E-state index contributed by atoms with van der Waals surface area (Å²) in [6.45, 7) is 7.13. The van der Waals surface area contributed by atoms with Gasteiger partial charge < -0.3 is 5.32 Å². The normalized spacial score (nSPS) is 13.8. The number of hydrogen-bond acceptors (Lipinski definition) is 1. The number of alkyl halides is 3. The standard InChI is InChI=1S/C16H24F3N/c1-4-10-20-15(9-8-12(2)3)13-6-5-7-14(11-13)16(17,18)19/h5-7,11-12,15,20H,4,8-10H2,1-3H3. The Labute approximate surface area is 119 Å². The summed E-state index contributed by atoms with van der Waals surface area (Å²) in [5.74, 6) is 0.548. The second kappa shape index (κ2) is 7.67. The predicted molar refractivity (Wildman–Crippen MR) is 76.6 cm³/mol. The zero-order valence-electron chi connectivity index (χ0n) is 12.4. The minimum Gasteiger partial charge on any atom is -0.310 e. The molecule has 0 saturated carbocycles. The molecule has 4 heteroatoms. The van der Waals surface area contributed by atoms with Gasteiger partial charge in [-0.1, -0.05) is 32.9 Å². The highest BCUT2D eigenvalue weighted by molar-refractivity contribution is 5.28. The quantitative estimate of drug-likeness (QED) is 0.728. The van der Waals surface area contributed by atoms with Crippen LogP contribution in [0.4, 0.5) is 13.2 Å². The smallest absolute Gasteiger partial charge is 0.310 e. The lowest BCUT2D eigenvalue weighted by atomic mass is 9.96. The van der Waals surface area contributed by atoms with Crippen LogP contribution in [0.25, 0.3) is 0 Å². The van der Waals surface area contributed by atoms with E-state index in [-0.39, 0.29) is 6.04 Å². The summed E-state index contributed by atoms with van der Waals surface area (Å²) in [5.41, 5.74) is 0.164. The van der Waals surface area contributed by atoms with Crippen LogP contribution in [0, 0.1) is 5.92 Å². The van der Waals surface area contributed by atoms with Crippen molar-refractivity contribution < 1.29 is 13.2 Å². The molecule has 0 aliphatic carbocycles. The van der Waals surface area contributed by atoms with Gasteiger partial charge >= 0.3 is 6.18 Å². The van der Waals surface area contributed by atoms with Gasteiger partial charge in [-0.15, -0.1) is 0 Å². The molecule has 0 fully saturated rings. The maximum absolute atomic E-state index is 12.8. The van der Waals surface area contributed by atoms with Crippen LogP contribution in [0.5, 0.6) is 0 Å². The number of rotatable bonds is 7. The molecular weight excluding hydrogens is 263 g/mol. The van der Waals surface area contributed by atoms with Gasteiger partial charge in [-0.3, -0.25) is 0 Å². The zero-order valence-corrected chi connectivity index (χ0v) is 12.4. The molecule has 1 aromatic carbocycles. The molecule has 1 unspecified atom stereocenters. The molecule has 1 nitrogen and oxygen atoms in total. The lowest BCUT2D eigenvalue weighted by Gasteiger charge is -2.21. The molecule has 0 aliphatic rings. The SMILES string of the molecule is CCCNC(CCC(C)C)c1cccc(C(F)(F)F)c1. The van der Waals surface area contributed by atoms with E-state index >= 15 is 0 Å². The fourth-order valence-electron chi connectivity index (χ4n) is 2.14. The van der Waals surface area contributed by atoms with Gasteiger partial charge in [-0.2, -0.15) is 13.2 Å². The van der Waals surface area contributed by atoms with Crippen molar-refractivity contribution in [2.75, 3.05) is 6.54 Å². The molecule has 20 heavy (non-hydrogen) atoms. The highest BCUT2D eigenvalue weighted by Crippen LogP contribution is 2.31. The van der Waals surface area contributed by atoms with E-state index in [4.69, 9.17) is 0 Å². The van der Waals surface area contributed by atoms with Crippen molar-refractivity contribution in [3.8, 4) is 0 Å². The Kier molecular flexibility index (Phi) is 6.53. The van der Waals surface area contributed by atoms with E-state index in [1.807, 2.05) is 0 Å². The van der Waals surface area contributed by atoms with Crippen LogP contribution < -0.4 is 5.32 Å². The average molecular weight is 287 g/mol. The van der Waals surface area contributed by atoms with E-state index in [9.17, 15) is 13.2 Å². The summed E-state index contributed by atoms with van der Waals surface area (Å²) in [7, 11) is 0. The third-order valence-electron chi connectivity index (χ3n) is 3.29. The van der Waals surface area contributed by atoms with Gasteiger partial charge in [0.25, 0.3) is 0 Å². The topological polar surface area (TPSA) is 12.0 Å². The average Bonchev–Trinajstić information content (AvgIpc) is 2.38. The molecule has 0 saturated heterocycles. The Morgan fingerprint density at radius 2 is 1.85 bits per heavy atom. The van der Waals surface area contributed by atoms with Crippen LogP contribution in [0.3, 0.4) is 0 Å². The second-order valence-electron chi connectivity index (χ2n) is 5.60. The van der Waals surface area contributed by atoms with E-state index in [1.54, 1.807) is 6.07 Å². The molecule has 1 rings (SSSR count). The summed E-state index contributed by atoms with van der Waals surface area (Å²) in [4.78, 5) is 0. The molecule has 0 spiro atoms. The molecular formula is C16H24F3N. The first-order valence-corrected chi connectivity index (χ1v) is 7.25. The third-order valence-corrected chi connectivity index (χ3v) is 3.29. The lowest BCUT2D eigenvalue weighted by Crippen LogP contribution is -2.23. The Hall–Kier alpha value is -1.03. The molecule has 0 aliphatic heterocycles. The summed E-state index contributed by atoms with van der Waals surface area (Å²) in [5, 5.41) is 3.35. The van der Waals surface area contributed by atoms with Crippen LogP contribution in [-0.2, 0) is 6.18 Å². The molecule has 0 bridgehead atoms. The minimum absolute atomic E-state index is 0.000324. The van der Waals surface area contributed by atoms with Gasteiger partial charge in [0.1, 0.15) is 0 Å². The first-order valence-electron chi connectivity index (χ1n) is 7.25. The van der Waals surface area contributed by atoms with Crippen molar-refractivity contribution >= 4 is 0 Å². The third kappa shape index (κ3) is 5.53. The highest BCUT2D eigenvalue weighted by atomic mass is 19.4. The number of halogens is 3. The van der Waals surface area contributed by atoms with Crippen molar-refractivity contribution in [1.82, 2.24) is 5.32 Å². The van der Waals surface area contributed by atoms with Gasteiger partial charge in [0.15, 0.2) is 0 Å². The van der Waals surface area contributed by atoms with E-state index in [0.717, 1.165) is 37.4 Å². The minimum atomic E-state index is -4.27. The summed E-state index contributed by atoms with van der Waals surface area (Å²) >= 11 is 0. The molecule has 0 aromatic heterocycles. The van der Waals surface area contributed by atoms with Crippen molar-refractivity contribution in [3.63, 3.8) is 0 Å². The lowest BCUT2D eigenvalue weighted by molar-refractivity contribution is -0.137. The fourth-order valence-corrected chi connectivity index (χ4v) is 2.14. The first-order chi connectivity index (χ1) is 9.34. The Balaban J connectivity index is 2.88. The van der Waals surface area contributed by atoms with E-state index in [0.29, 0.717) is 5.92 Å². The molecule has 0 radical (unpaired) electrons. The Morgan fingerprint density at radius 1 is 1.15 bits per heavy atom. The van der Waals surface area contributed by atoms with E-state index in [2.05, 4.69) is 26.1 Å². The van der Waals surface area contributed by atoms with E-state index in [1.165, 1.54) is 12.1 Å². The maximum Gasteiger partial charge on any atom is 0.416 e. The van der Waals surface area contributed by atoms with Crippen molar-refractivity contribution in [2.24, 2.45) is 5.92 Å². The number of benzene rings is 1. The van der Waals surface area contributed by atoms with Crippen molar-refractivity contribution in [3.05, 3.63) is 35.4 Å². The van der Waals surface area contributed by atoms with Crippen LogP contribution in [0.2, 0.25) is 0 Å². The van der Waals surface area contributed by atoms with Crippen LogP contribution in [0.15, 0.2) is 24.3 Å². The van der Waals surface area contributed by atoms with Gasteiger partial charge in [-0.05, 0) is 49.4 Å². The summed E-state index contributed by atoms with van der Waals surface area (Å²) < 4.78 is 38.3. The van der Waals surface area contributed by atoms with Crippen LogP contribution in [-0.4, -0.2) is 6.54 Å². The largest absolute Gasteiger partial charge is 0.416 e. The predicted octanol–water partition coefficient (Wildman–Crippen LogP) is 5.18. The summed E-state index contributed by atoms with van der Waals surface area (Å²) in [6.07, 6.45) is -1.45. The van der Waals surface area contributed by atoms with Gasteiger partial charge in [0.2, 0.25) is 0 Å². The molecule has 1 aromatic rings. The van der Waals surface area contributed by atoms with Crippen LogP contribution >= 0.6 is 0 Å². The van der Waals surface area contributed by atoms with E-state index < -0.39 is 11.7 Å². The number of hydrogen-bond donors (Lipinski definition) is 1. The van der Waals surface area contributed by atoms with Gasteiger partial charge in [-0.25, -0.2) is 0 Å². The molecule has 0 amide bonds. The first kappa shape index (κ1) is 17.0. The highest BCUT2D eigenvalue weighted by Gasteiger charge is 2.30. The molecule has 0 heterocycles. The second-order valence-corrected chi connectivity index (χ2v) is 5.60. The van der Waals surface area contributed by atoms with Crippen molar-refractivity contribution in [2.45, 2.75) is 52.3 Å². The van der Waals surface area contributed by atoms with Gasteiger partial charge in [0, 0.05) is 6.04 Å².